The fourth-order valence-electron chi connectivity index (χ4n) is 2.87. The van der Waals surface area contributed by atoms with Crippen LogP contribution in [0.5, 0.6) is 17.2 Å². The van der Waals surface area contributed by atoms with Crippen LogP contribution >= 0.6 is 0 Å². The summed E-state index contributed by atoms with van der Waals surface area (Å²) >= 11 is 0. The lowest BCUT2D eigenvalue weighted by atomic mass is 10.3. The maximum absolute atomic E-state index is 12.3. The van der Waals surface area contributed by atoms with Crippen molar-refractivity contribution in [2.45, 2.75) is 22.6 Å². The molecule has 0 bridgehead atoms. The van der Waals surface area contributed by atoms with Gasteiger partial charge in [-0.2, -0.15) is 8.42 Å². The second kappa shape index (κ2) is 8.12. The van der Waals surface area contributed by atoms with Gasteiger partial charge in [-0.3, -0.25) is 0 Å². The average Bonchev–Trinajstić information content (AvgIpc) is 3.54. The predicted molar refractivity (Wildman–Crippen MR) is 112 cm³/mol. The second-order valence-corrected chi connectivity index (χ2v) is 10.7. The highest BCUT2D eigenvalue weighted by molar-refractivity contribution is 7.91. The van der Waals surface area contributed by atoms with E-state index in [9.17, 15) is 16.8 Å². The number of ether oxygens (including phenoxy) is 1. The first-order valence-electron chi connectivity index (χ1n) is 9.42. The topological polar surface area (TPSA) is 86.7 Å². The molecule has 0 unspecified atom stereocenters. The van der Waals surface area contributed by atoms with Crippen molar-refractivity contribution >= 4 is 20.0 Å². The Morgan fingerprint density at radius 3 is 1.77 bits per heavy atom. The molecule has 30 heavy (non-hydrogen) atoms. The van der Waals surface area contributed by atoms with Gasteiger partial charge in [0.1, 0.15) is 22.1 Å². The number of benzene rings is 3. The van der Waals surface area contributed by atoms with Crippen LogP contribution in [0.25, 0.3) is 0 Å². The lowest BCUT2D eigenvalue weighted by molar-refractivity contribution is 0.474. The van der Waals surface area contributed by atoms with Gasteiger partial charge in [-0.15, -0.1) is 0 Å². The molecule has 0 radical (unpaired) electrons. The summed E-state index contributed by atoms with van der Waals surface area (Å²) in [5.74, 6) is 1.59. The highest BCUT2D eigenvalue weighted by atomic mass is 32.2. The molecular formula is C22H20O6S2. The Hall–Kier alpha value is -2.84. The van der Waals surface area contributed by atoms with Gasteiger partial charge in [-0.1, -0.05) is 18.2 Å². The molecular weight excluding hydrogens is 424 g/mol. The van der Waals surface area contributed by atoms with E-state index in [0.29, 0.717) is 11.5 Å². The SMILES string of the molecule is O=S(=O)(CC1CC1)c1ccc(Oc2ccc(OS(=O)(=O)c3ccccc3)cc2)cc1. The third-order valence-electron chi connectivity index (χ3n) is 4.63. The van der Waals surface area contributed by atoms with E-state index in [0.717, 1.165) is 12.8 Å². The van der Waals surface area contributed by atoms with Crippen molar-refractivity contribution in [3.8, 4) is 17.2 Å². The zero-order valence-electron chi connectivity index (χ0n) is 16.0. The number of hydrogen-bond donors (Lipinski definition) is 0. The standard InChI is InChI=1S/C22H20O6S2/c23-29(24,16-17-6-7-17)21-14-12-19(13-15-21)27-18-8-10-20(11-9-18)28-30(25,26)22-4-2-1-3-5-22/h1-5,8-15,17H,6-7,16H2. The summed E-state index contributed by atoms with van der Waals surface area (Å²) in [7, 11) is -7.17. The van der Waals surface area contributed by atoms with E-state index in [-0.39, 0.29) is 27.2 Å². The van der Waals surface area contributed by atoms with Gasteiger partial charge in [-0.25, -0.2) is 8.42 Å². The van der Waals surface area contributed by atoms with Gasteiger partial charge < -0.3 is 8.92 Å². The summed E-state index contributed by atoms with van der Waals surface area (Å²) in [5.41, 5.74) is 0. The minimum absolute atomic E-state index is 0.0713. The molecule has 0 atom stereocenters. The molecule has 0 saturated heterocycles. The maximum Gasteiger partial charge on any atom is 0.339 e. The Morgan fingerprint density at radius 1 is 0.667 bits per heavy atom. The molecule has 156 valence electrons. The molecule has 1 aliphatic rings. The van der Waals surface area contributed by atoms with Crippen LogP contribution in [0, 0.1) is 5.92 Å². The van der Waals surface area contributed by atoms with Gasteiger partial charge in [-0.05, 0) is 79.4 Å². The molecule has 3 aromatic carbocycles. The fourth-order valence-corrected chi connectivity index (χ4v) is 5.52. The van der Waals surface area contributed by atoms with Gasteiger partial charge in [0.2, 0.25) is 0 Å². The van der Waals surface area contributed by atoms with Crippen LogP contribution in [0.2, 0.25) is 0 Å². The van der Waals surface area contributed by atoms with Crippen molar-refractivity contribution in [1.29, 1.82) is 0 Å². The van der Waals surface area contributed by atoms with Gasteiger partial charge in [0.25, 0.3) is 0 Å². The Bertz CT molecular complexity index is 1210. The fraction of sp³-hybridized carbons (Fsp3) is 0.182. The van der Waals surface area contributed by atoms with E-state index in [1.165, 1.54) is 36.4 Å². The molecule has 1 fully saturated rings. The van der Waals surface area contributed by atoms with E-state index in [4.69, 9.17) is 8.92 Å². The van der Waals surface area contributed by atoms with Crippen molar-refractivity contribution in [3.05, 3.63) is 78.9 Å². The smallest absolute Gasteiger partial charge is 0.339 e. The monoisotopic (exact) mass is 444 g/mol. The molecule has 0 N–H and O–H groups in total. The van der Waals surface area contributed by atoms with Gasteiger partial charge in [0.05, 0.1) is 10.6 Å². The van der Waals surface area contributed by atoms with E-state index >= 15 is 0 Å². The van der Waals surface area contributed by atoms with E-state index in [1.807, 2.05) is 0 Å². The average molecular weight is 445 g/mol. The van der Waals surface area contributed by atoms with Crippen LogP contribution < -0.4 is 8.92 Å². The van der Waals surface area contributed by atoms with Gasteiger partial charge >= 0.3 is 10.1 Å². The van der Waals surface area contributed by atoms with E-state index < -0.39 is 20.0 Å². The first kappa shape index (κ1) is 20.4. The van der Waals surface area contributed by atoms with Crippen LogP contribution in [0.4, 0.5) is 0 Å². The lowest BCUT2D eigenvalue weighted by Crippen LogP contribution is -2.09. The maximum atomic E-state index is 12.3. The molecule has 4 rings (SSSR count). The molecule has 6 nitrogen and oxygen atoms in total. The summed E-state index contributed by atoms with van der Waals surface area (Å²) in [6.07, 6.45) is 1.96. The summed E-state index contributed by atoms with van der Waals surface area (Å²) in [6, 6.07) is 20.3. The molecule has 0 aromatic heterocycles. The lowest BCUT2D eigenvalue weighted by Gasteiger charge is -2.09. The Kier molecular flexibility index (Phi) is 5.53. The minimum atomic E-state index is -3.91. The number of rotatable bonds is 8. The largest absolute Gasteiger partial charge is 0.457 e. The summed E-state index contributed by atoms with van der Waals surface area (Å²) in [5, 5.41) is 0. The zero-order valence-corrected chi connectivity index (χ0v) is 17.6. The normalized spacial score (nSPS) is 14.3. The molecule has 8 heteroatoms. The van der Waals surface area contributed by atoms with Crippen molar-refractivity contribution in [1.82, 2.24) is 0 Å². The molecule has 0 aliphatic heterocycles. The first-order chi connectivity index (χ1) is 14.3. The number of sulfone groups is 1. The molecule has 1 aliphatic carbocycles. The molecule has 0 spiro atoms. The van der Waals surface area contributed by atoms with Crippen LogP contribution in [-0.2, 0) is 20.0 Å². The van der Waals surface area contributed by atoms with Gasteiger partial charge in [0.15, 0.2) is 9.84 Å². The van der Waals surface area contributed by atoms with Gasteiger partial charge in [0, 0.05) is 0 Å². The third-order valence-corrected chi connectivity index (χ3v) is 7.79. The van der Waals surface area contributed by atoms with Crippen LogP contribution in [0.15, 0.2) is 88.7 Å². The van der Waals surface area contributed by atoms with Crippen molar-refractivity contribution in [2.75, 3.05) is 5.75 Å². The predicted octanol–water partition coefficient (Wildman–Crippen LogP) is 4.43. The second-order valence-electron chi connectivity index (χ2n) is 7.12. The molecule has 1 saturated carbocycles. The van der Waals surface area contributed by atoms with E-state index in [2.05, 4.69) is 0 Å². The van der Waals surface area contributed by atoms with Crippen LogP contribution in [0.3, 0.4) is 0 Å². The Balaban J connectivity index is 1.41. The molecule has 0 amide bonds. The highest BCUT2D eigenvalue weighted by Gasteiger charge is 2.29. The minimum Gasteiger partial charge on any atom is -0.457 e. The summed E-state index contributed by atoms with van der Waals surface area (Å²) in [4.78, 5) is 0.360. The number of hydrogen-bond acceptors (Lipinski definition) is 6. The molecule has 3 aromatic rings. The van der Waals surface area contributed by atoms with Crippen LogP contribution in [-0.4, -0.2) is 22.6 Å². The first-order valence-corrected chi connectivity index (χ1v) is 12.5. The van der Waals surface area contributed by atoms with Crippen molar-refractivity contribution in [3.63, 3.8) is 0 Å². The summed E-state index contributed by atoms with van der Waals surface area (Å²) in [6.45, 7) is 0. The Morgan fingerprint density at radius 2 is 1.20 bits per heavy atom. The molecule has 0 heterocycles. The quantitative estimate of drug-likeness (QED) is 0.478. The highest BCUT2D eigenvalue weighted by Crippen LogP contribution is 2.33. The third kappa shape index (κ3) is 5.01. The summed E-state index contributed by atoms with van der Waals surface area (Å²) < 4.78 is 60.0. The Labute approximate surface area is 176 Å². The van der Waals surface area contributed by atoms with Crippen molar-refractivity contribution in [2.24, 2.45) is 5.92 Å². The van der Waals surface area contributed by atoms with Crippen molar-refractivity contribution < 1.29 is 25.8 Å². The van der Waals surface area contributed by atoms with Crippen LogP contribution in [0.1, 0.15) is 12.8 Å². The zero-order chi connectivity index (χ0) is 21.2. The van der Waals surface area contributed by atoms with E-state index in [1.54, 1.807) is 42.5 Å².